The van der Waals surface area contributed by atoms with Gasteiger partial charge in [0.25, 0.3) is 0 Å². The quantitative estimate of drug-likeness (QED) is 0.722. The number of Topliss-reactive ketones (excluding diaryl/α,β-unsaturated/α-hetero) is 1. The minimum atomic E-state index is -0.949. The molecule has 0 radical (unpaired) electrons. The van der Waals surface area contributed by atoms with Crippen LogP contribution in [0.5, 0.6) is 5.75 Å². The number of piperidine rings is 1. The van der Waals surface area contributed by atoms with E-state index in [0.717, 1.165) is 43.0 Å². The molecule has 4 unspecified atom stereocenters. The summed E-state index contributed by atoms with van der Waals surface area (Å²) in [5.41, 5.74) is 2.35. The summed E-state index contributed by atoms with van der Waals surface area (Å²) >= 11 is 0. The van der Waals surface area contributed by atoms with Crippen molar-refractivity contribution in [2.24, 2.45) is 11.8 Å². The van der Waals surface area contributed by atoms with Crippen LogP contribution in [0.3, 0.4) is 0 Å². The second kappa shape index (κ2) is 6.54. The Morgan fingerprint density at radius 3 is 2.86 bits per heavy atom. The molecule has 1 aromatic rings. The second-order valence-corrected chi connectivity index (χ2v) is 9.48. The number of ether oxygens (including phenoxy) is 1. The maximum Gasteiger partial charge on any atom is 0.137 e. The highest BCUT2D eigenvalue weighted by molar-refractivity contribution is 5.85. The molecule has 1 aromatic carbocycles. The molecule has 1 heterocycles. The molecule has 3 aliphatic carbocycles. The summed E-state index contributed by atoms with van der Waals surface area (Å²) in [6, 6.07) is 4.24. The summed E-state index contributed by atoms with van der Waals surface area (Å²) in [4.78, 5) is 13.0. The van der Waals surface area contributed by atoms with E-state index in [2.05, 4.69) is 17.4 Å². The van der Waals surface area contributed by atoms with E-state index in [1.165, 1.54) is 24.0 Å². The van der Waals surface area contributed by atoms with Crippen molar-refractivity contribution in [2.75, 3.05) is 20.3 Å². The number of aliphatic hydroxyl groups excluding tert-OH is 1. The number of ketones is 1. The van der Waals surface area contributed by atoms with Crippen molar-refractivity contribution in [3.05, 3.63) is 28.8 Å². The highest BCUT2D eigenvalue weighted by atomic mass is 16.5. The van der Waals surface area contributed by atoms with E-state index >= 15 is 0 Å². The molecule has 28 heavy (non-hydrogen) atoms. The van der Waals surface area contributed by atoms with Crippen molar-refractivity contribution in [3.63, 3.8) is 0 Å². The largest absolute Gasteiger partial charge is 0.497 e. The zero-order valence-electron chi connectivity index (χ0n) is 16.7. The maximum absolute atomic E-state index is 13.0. The van der Waals surface area contributed by atoms with Gasteiger partial charge in [0.15, 0.2) is 0 Å². The minimum Gasteiger partial charge on any atom is -0.497 e. The molecule has 4 atom stereocenters. The van der Waals surface area contributed by atoms with Crippen LogP contribution in [0.4, 0.5) is 0 Å². The fourth-order valence-corrected chi connectivity index (χ4v) is 6.32. The number of hydrogen-bond donors (Lipinski definition) is 3. The van der Waals surface area contributed by atoms with Gasteiger partial charge in [-0.05, 0) is 86.2 Å². The van der Waals surface area contributed by atoms with E-state index in [-0.39, 0.29) is 24.3 Å². The van der Waals surface area contributed by atoms with Crippen LogP contribution in [0.15, 0.2) is 12.1 Å². The number of nitrogens with one attached hydrogen (secondary N) is 1. The van der Waals surface area contributed by atoms with Crippen molar-refractivity contribution in [2.45, 2.75) is 68.4 Å². The standard InChI is InChI=1S/C23H31NO4/c1-28-17-9-16(8-14-2-3-14)18-11-21-23(27)12-15(4-7-25)20(26)13-22(23,5-6-24-21)19(18)10-17/h9-10,14-15,21,24-25,27H,2-8,11-13H2,1H3. The smallest absolute Gasteiger partial charge is 0.137 e. The van der Waals surface area contributed by atoms with Crippen LogP contribution < -0.4 is 10.1 Å². The SMILES string of the molecule is COc1cc(CC2CC2)c2c(c1)C13CCNC(C2)C1(O)CC(CCO)C(=O)C3. The van der Waals surface area contributed by atoms with Crippen LogP contribution in [0.1, 0.15) is 55.2 Å². The minimum absolute atomic E-state index is 0.00642. The molecule has 5 nitrogen and oxygen atoms in total. The third-order valence-corrected chi connectivity index (χ3v) is 8.00. The Morgan fingerprint density at radius 1 is 1.32 bits per heavy atom. The molecule has 2 saturated carbocycles. The number of hydrogen-bond acceptors (Lipinski definition) is 5. The van der Waals surface area contributed by atoms with Gasteiger partial charge in [-0.15, -0.1) is 0 Å². The first kappa shape index (κ1) is 18.6. The number of aliphatic hydroxyl groups is 2. The van der Waals surface area contributed by atoms with Gasteiger partial charge < -0.3 is 20.3 Å². The summed E-state index contributed by atoms with van der Waals surface area (Å²) < 4.78 is 5.64. The summed E-state index contributed by atoms with van der Waals surface area (Å²) in [6.45, 7) is 0.813. The number of rotatable bonds is 5. The third kappa shape index (κ3) is 2.59. The van der Waals surface area contributed by atoms with E-state index < -0.39 is 11.0 Å². The van der Waals surface area contributed by atoms with E-state index in [9.17, 15) is 15.0 Å². The lowest BCUT2D eigenvalue weighted by atomic mass is 9.48. The van der Waals surface area contributed by atoms with Crippen molar-refractivity contribution >= 4 is 5.78 Å². The second-order valence-electron chi connectivity index (χ2n) is 9.48. The highest BCUT2D eigenvalue weighted by Crippen LogP contribution is 2.58. The Hall–Kier alpha value is -1.43. The van der Waals surface area contributed by atoms with Gasteiger partial charge in [-0.3, -0.25) is 4.79 Å². The third-order valence-electron chi connectivity index (χ3n) is 8.00. The molecular formula is C23H31NO4. The molecule has 3 fully saturated rings. The van der Waals surface area contributed by atoms with Crippen molar-refractivity contribution in [3.8, 4) is 5.75 Å². The number of fused-ring (bicyclic) bond motifs is 1. The van der Waals surface area contributed by atoms with Crippen LogP contribution in [-0.4, -0.2) is 47.9 Å². The van der Waals surface area contributed by atoms with Crippen LogP contribution >= 0.6 is 0 Å². The van der Waals surface area contributed by atoms with Gasteiger partial charge in [-0.1, -0.05) is 0 Å². The monoisotopic (exact) mass is 385 g/mol. The number of carbonyl (C=O) groups excluding carboxylic acids is 1. The van der Waals surface area contributed by atoms with Crippen LogP contribution in [-0.2, 0) is 23.1 Å². The first-order chi connectivity index (χ1) is 13.5. The molecule has 0 spiro atoms. The van der Waals surface area contributed by atoms with E-state index in [0.29, 0.717) is 19.3 Å². The topological polar surface area (TPSA) is 78.8 Å². The van der Waals surface area contributed by atoms with E-state index in [1.54, 1.807) is 7.11 Å². The van der Waals surface area contributed by atoms with E-state index in [4.69, 9.17) is 4.74 Å². The Labute approximate surface area is 166 Å². The van der Waals surface area contributed by atoms with Crippen LogP contribution in [0.2, 0.25) is 0 Å². The fraction of sp³-hybridized carbons (Fsp3) is 0.696. The zero-order valence-corrected chi connectivity index (χ0v) is 16.7. The molecule has 152 valence electrons. The van der Waals surface area contributed by atoms with Gasteiger partial charge >= 0.3 is 0 Å². The Morgan fingerprint density at radius 2 is 2.14 bits per heavy atom. The predicted octanol–water partition coefficient (Wildman–Crippen LogP) is 1.90. The molecule has 3 N–H and O–H groups in total. The molecular weight excluding hydrogens is 354 g/mol. The average Bonchev–Trinajstić information content (AvgIpc) is 3.47. The van der Waals surface area contributed by atoms with Crippen molar-refractivity contribution in [1.82, 2.24) is 5.32 Å². The number of methoxy groups -OCH3 is 1. The molecule has 2 bridgehead atoms. The lowest BCUT2D eigenvalue weighted by molar-refractivity contribution is -0.159. The Balaban J connectivity index is 1.66. The molecule has 5 rings (SSSR count). The van der Waals surface area contributed by atoms with Gasteiger partial charge in [0.2, 0.25) is 0 Å². The molecule has 0 amide bonds. The average molecular weight is 386 g/mol. The first-order valence-electron chi connectivity index (χ1n) is 10.8. The Kier molecular flexibility index (Phi) is 4.34. The summed E-state index contributed by atoms with van der Waals surface area (Å²) in [6.07, 6.45) is 6.49. The summed E-state index contributed by atoms with van der Waals surface area (Å²) in [5, 5.41) is 25.0. The van der Waals surface area contributed by atoms with Crippen LogP contribution in [0.25, 0.3) is 0 Å². The van der Waals surface area contributed by atoms with Crippen molar-refractivity contribution in [1.29, 1.82) is 0 Å². The Bertz CT molecular complexity index is 804. The fourth-order valence-electron chi connectivity index (χ4n) is 6.32. The summed E-state index contributed by atoms with van der Waals surface area (Å²) in [7, 11) is 1.70. The van der Waals surface area contributed by atoms with E-state index in [1.807, 2.05) is 0 Å². The maximum atomic E-state index is 13.0. The predicted molar refractivity (Wildman–Crippen MR) is 106 cm³/mol. The highest BCUT2D eigenvalue weighted by Gasteiger charge is 2.64. The lowest BCUT2D eigenvalue weighted by Gasteiger charge is -2.62. The molecule has 1 saturated heterocycles. The molecule has 1 aliphatic heterocycles. The van der Waals surface area contributed by atoms with Gasteiger partial charge in [0.1, 0.15) is 11.5 Å². The first-order valence-corrected chi connectivity index (χ1v) is 10.8. The number of carbonyl (C=O) groups is 1. The lowest BCUT2D eigenvalue weighted by Crippen LogP contribution is -2.73. The molecule has 5 heteroatoms. The van der Waals surface area contributed by atoms with Crippen LogP contribution in [0, 0.1) is 11.8 Å². The van der Waals surface area contributed by atoms with Gasteiger partial charge in [0.05, 0.1) is 12.7 Å². The molecule has 0 aromatic heterocycles. The van der Waals surface area contributed by atoms with Crippen molar-refractivity contribution < 1.29 is 19.7 Å². The zero-order chi connectivity index (χ0) is 19.5. The van der Waals surface area contributed by atoms with Gasteiger partial charge in [-0.25, -0.2) is 0 Å². The summed E-state index contributed by atoms with van der Waals surface area (Å²) in [5.74, 6) is 1.56. The number of benzene rings is 1. The molecule has 4 aliphatic rings. The van der Waals surface area contributed by atoms with Gasteiger partial charge in [0, 0.05) is 30.4 Å². The normalized spacial score (nSPS) is 36.6. The van der Waals surface area contributed by atoms with Gasteiger partial charge in [-0.2, -0.15) is 0 Å².